The lowest BCUT2D eigenvalue weighted by Gasteiger charge is -2.23. The largest absolute Gasteiger partial charge is 0.365 e. The molecular formula is C14H24N4O. The summed E-state index contributed by atoms with van der Waals surface area (Å²) in [5, 5.41) is 0. The topological polar surface area (TPSA) is 85.2 Å². The Kier molecular flexibility index (Phi) is 5.30. The van der Waals surface area contributed by atoms with E-state index in [1.165, 1.54) is 0 Å². The number of hydrogen-bond acceptors (Lipinski definition) is 4. The fourth-order valence-electron chi connectivity index (χ4n) is 1.81. The van der Waals surface area contributed by atoms with Crippen molar-refractivity contribution < 1.29 is 4.79 Å². The molecule has 1 unspecified atom stereocenters. The summed E-state index contributed by atoms with van der Waals surface area (Å²) < 4.78 is 0. The van der Waals surface area contributed by atoms with Crippen LogP contribution in [0.4, 0.5) is 5.82 Å². The number of nitrogens with zero attached hydrogens (tertiary/aromatic N) is 2. The fraction of sp³-hybridized carbons (Fsp3) is 0.571. The molecule has 0 saturated heterocycles. The van der Waals surface area contributed by atoms with E-state index in [4.69, 9.17) is 11.5 Å². The summed E-state index contributed by atoms with van der Waals surface area (Å²) >= 11 is 0. The first-order valence-corrected chi connectivity index (χ1v) is 6.57. The third-order valence-corrected chi connectivity index (χ3v) is 3.30. The molecule has 0 aromatic carbocycles. The molecule has 19 heavy (non-hydrogen) atoms. The summed E-state index contributed by atoms with van der Waals surface area (Å²) in [5.41, 5.74) is 12.7. The van der Waals surface area contributed by atoms with Crippen LogP contribution < -0.4 is 16.4 Å². The predicted molar refractivity (Wildman–Crippen MR) is 78.2 cm³/mol. The average Bonchev–Trinajstić information content (AvgIpc) is 2.34. The smallest absolute Gasteiger partial charge is 0.252 e. The van der Waals surface area contributed by atoms with Crippen LogP contribution in [0.15, 0.2) is 12.1 Å². The molecule has 4 N–H and O–H groups in total. The first kappa shape index (κ1) is 15.4. The molecular weight excluding hydrogens is 240 g/mol. The van der Waals surface area contributed by atoms with Crippen molar-refractivity contribution in [2.75, 3.05) is 18.5 Å². The third kappa shape index (κ3) is 4.21. The lowest BCUT2D eigenvalue weighted by Crippen LogP contribution is -2.33. The SMILES string of the molecule is Cc1ccc(C(N)=O)c(N(C)CCC(N)C(C)C)n1. The maximum absolute atomic E-state index is 11.4. The Bertz CT molecular complexity index is 445. The summed E-state index contributed by atoms with van der Waals surface area (Å²) in [6, 6.07) is 3.65. The maximum atomic E-state index is 11.4. The van der Waals surface area contributed by atoms with Crippen LogP contribution in [0, 0.1) is 12.8 Å². The Morgan fingerprint density at radius 1 is 1.42 bits per heavy atom. The highest BCUT2D eigenvalue weighted by Gasteiger charge is 2.15. The zero-order valence-corrected chi connectivity index (χ0v) is 12.2. The van der Waals surface area contributed by atoms with Gasteiger partial charge in [-0.15, -0.1) is 0 Å². The molecule has 5 nitrogen and oxygen atoms in total. The molecule has 5 heteroatoms. The molecule has 1 aromatic rings. The van der Waals surface area contributed by atoms with Crippen molar-refractivity contribution in [3.8, 4) is 0 Å². The molecule has 1 heterocycles. The van der Waals surface area contributed by atoms with Crippen LogP contribution >= 0.6 is 0 Å². The second-order valence-electron chi connectivity index (χ2n) is 5.31. The van der Waals surface area contributed by atoms with Gasteiger partial charge in [0, 0.05) is 25.3 Å². The fourth-order valence-corrected chi connectivity index (χ4v) is 1.81. The second kappa shape index (κ2) is 6.52. The van der Waals surface area contributed by atoms with Gasteiger partial charge in [0.2, 0.25) is 0 Å². The van der Waals surface area contributed by atoms with E-state index in [-0.39, 0.29) is 6.04 Å². The Morgan fingerprint density at radius 3 is 2.58 bits per heavy atom. The van der Waals surface area contributed by atoms with Gasteiger partial charge in [-0.3, -0.25) is 4.79 Å². The van der Waals surface area contributed by atoms with Crippen LogP contribution in [0.25, 0.3) is 0 Å². The monoisotopic (exact) mass is 264 g/mol. The van der Waals surface area contributed by atoms with Crippen LogP contribution in [0.2, 0.25) is 0 Å². The summed E-state index contributed by atoms with van der Waals surface area (Å²) in [5.74, 6) is 0.612. The number of anilines is 1. The van der Waals surface area contributed by atoms with Crippen LogP contribution in [-0.2, 0) is 0 Å². The highest BCUT2D eigenvalue weighted by Crippen LogP contribution is 2.17. The lowest BCUT2D eigenvalue weighted by atomic mass is 10.0. The highest BCUT2D eigenvalue weighted by atomic mass is 16.1. The lowest BCUT2D eigenvalue weighted by molar-refractivity contribution is 0.100. The number of primary amides is 1. The number of pyridine rings is 1. The molecule has 0 spiro atoms. The van der Waals surface area contributed by atoms with E-state index in [0.29, 0.717) is 17.3 Å². The third-order valence-electron chi connectivity index (χ3n) is 3.30. The number of amides is 1. The van der Waals surface area contributed by atoms with Gasteiger partial charge in [-0.05, 0) is 31.4 Å². The summed E-state index contributed by atoms with van der Waals surface area (Å²) in [6.07, 6.45) is 0.849. The normalized spacial score (nSPS) is 12.5. The van der Waals surface area contributed by atoms with Crippen LogP contribution in [-0.4, -0.2) is 30.5 Å². The van der Waals surface area contributed by atoms with Gasteiger partial charge in [-0.25, -0.2) is 4.98 Å². The van der Waals surface area contributed by atoms with Gasteiger partial charge in [0.1, 0.15) is 5.82 Å². The Hall–Kier alpha value is -1.62. The Labute approximate surface area is 115 Å². The molecule has 106 valence electrons. The zero-order valence-electron chi connectivity index (χ0n) is 12.2. The minimum Gasteiger partial charge on any atom is -0.365 e. The number of nitrogens with two attached hydrogens (primary N) is 2. The maximum Gasteiger partial charge on any atom is 0.252 e. The molecule has 0 radical (unpaired) electrons. The minimum absolute atomic E-state index is 0.143. The molecule has 0 bridgehead atoms. The van der Waals surface area contributed by atoms with Gasteiger partial charge in [-0.1, -0.05) is 13.8 Å². The number of hydrogen-bond donors (Lipinski definition) is 2. The van der Waals surface area contributed by atoms with Crippen LogP contribution in [0.3, 0.4) is 0 Å². The van der Waals surface area contributed by atoms with Gasteiger partial charge < -0.3 is 16.4 Å². The number of carbonyl (C=O) groups is 1. The van der Waals surface area contributed by atoms with E-state index < -0.39 is 5.91 Å². The van der Waals surface area contributed by atoms with Crippen molar-refractivity contribution in [1.82, 2.24) is 4.98 Å². The Morgan fingerprint density at radius 2 is 2.05 bits per heavy atom. The number of aryl methyl sites for hydroxylation is 1. The van der Waals surface area contributed by atoms with E-state index in [1.54, 1.807) is 12.1 Å². The van der Waals surface area contributed by atoms with E-state index in [2.05, 4.69) is 18.8 Å². The predicted octanol–water partition coefficient (Wildman–Crippen LogP) is 1.30. The molecule has 0 saturated carbocycles. The molecule has 0 aliphatic rings. The quantitative estimate of drug-likeness (QED) is 0.811. The Balaban J connectivity index is 2.83. The average molecular weight is 264 g/mol. The van der Waals surface area contributed by atoms with Crippen molar-refractivity contribution in [3.05, 3.63) is 23.4 Å². The van der Waals surface area contributed by atoms with Crippen molar-refractivity contribution in [1.29, 1.82) is 0 Å². The molecule has 1 aromatic heterocycles. The zero-order chi connectivity index (χ0) is 14.6. The number of aromatic nitrogens is 1. The van der Waals surface area contributed by atoms with Gasteiger partial charge in [0.05, 0.1) is 5.56 Å². The summed E-state index contributed by atoms with van der Waals surface area (Å²) in [7, 11) is 1.90. The molecule has 1 amide bonds. The molecule has 0 fully saturated rings. The van der Waals surface area contributed by atoms with Crippen LogP contribution in [0.5, 0.6) is 0 Å². The molecule has 1 rings (SSSR count). The standard InChI is InChI=1S/C14H24N4O/c1-9(2)12(15)7-8-18(4)14-11(13(16)19)6-5-10(3)17-14/h5-6,9,12H,7-8,15H2,1-4H3,(H2,16,19). The molecule has 0 aliphatic heterocycles. The van der Waals surface area contributed by atoms with E-state index >= 15 is 0 Å². The number of carbonyl (C=O) groups excluding carboxylic acids is 1. The van der Waals surface area contributed by atoms with Crippen molar-refractivity contribution >= 4 is 11.7 Å². The minimum atomic E-state index is -0.456. The van der Waals surface area contributed by atoms with Crippen LogP contribution in [0.1, 0.15) is 36.3 Å². The van der Waals surface area contributed by atoms with Gasteiger partial charge in [0.15, 0.2) is 0 Å². The van der Waals surface area contributed by atoms with Crippen molar-refractivity contribution in [2.24, 2.45) is 17.4 Å². The summed E-state index contributed by atoms with van der Waals surface area (Å²) in [4.78, 5) is 17.8. The van der Waals surface area contributed by atoms with Gasteiger partial charge in [0.25, 0.3) is 5.91 Å². The van der Waals surface area contributed by atoms with E-state index in [1.807, 2.05) is 18.9 Å². The summed E-state index contributed by atoms with van der Waals surface area (Å²) in [6.45, 7) is 6.84. The first-order valence-electron chi connectivity index (χ1n) is 6.57. The molecule has 0 aliphatic carbocycles. The number of rotatable bonds is 6. The molecule has 1 atom stereocenters. The second-order valence-corrected chi connectivity index (χ2v) is 5.31. The van der Waals surface area contributed by atoms with E-state index in [9.17, 15) is 4.79 Å². The first-order chi connectivity index (χ1) is 8.82. The highest BCUT2D eigenvalue weighted by molar-refractivity contribution is 5.97. The van der Waals surface area contributed by atoms with Crippen molar-refractivity contribution in [3.63, 3.8) is 0 Å². The van der Waals surface area contributed by atoms with E-state index in [0.717, 1.165) is 18.7 Å². The van der Waals surface area contributed by atoms with Crippen molar-refractivity contribution in [2.45, 2.75) is 33.2 Å². The van der Waals surface area contributed by atoms with Gasteiger partial charge in [-0.2, -0.15) is 0 Å². The van der Waals surface area contributed by atoms with Gasteiger partial charge >= 0.3 is 0 Å².